The molecule has 1 heterocycles. The molecule has 1 aromatic carbocycles. The highest BCUT2D eigenvalue weighted by Gasteiger charge is 2.20. The zero-order valence-electron chi connectivity index (χ0n) is 12.0. The van der Waals surface area contributed by atoms with Crippen LogP contribution >= 0.6 is 0 Å². The van der Waals surface area contributed by atoms with Gasteiger partial charge in [-0.25, -0.2) is 0 Å². The zero-order chi connectivity index (χ0) is 15.1. The number of hydrogen-bond acceptors (Lipinski definition) is 4. The molecule has 2 aromatic rings. The second kappa shape index (κ2) is 7.56. The number of H-pyrrole nitrogens is 1. The molecule has 2 N–H and O–H groups in total. The lowest BCUT2D eigenvalue weighted by atomic mass is 10.1. The molecule has 2 rings (SSSR count). The highest BCUT2D eigenvalue weighted by molar-refractivity contribution is 5.99. The zero-order valence-corrected chi connectivity index (χ0v) is 12.0. The third kappa shape index (κ3) is 3.68. The Bertz CT molecular complexity index is 569. The second-order valence-corrected chi connectivity index (χ2v) is 4.53. The molecule has 0 radical (unpaired) electrons. The van der Waals surface area contributed by atoms with E-state index in [2.05, 4.69) is 10.2 Å². The lowest BCUT2D eigenvalue weighted by molar-refractivity contribution is 0.0657. The van der Waals surface area contributed by atoms with Gasteiger partial charge < -0.3 is 14.7 Å². The summed E-state index contributed by atoms with van der Waals surface area (Å²) in [5, 5.41) is 16.0. The predicted octanol–water partition coefficient (Wildman–Crippen LogP) is 1.16. The number of rotatable bonds is 7. The summed E-state index contributed by atoms with van der Waals surface area (Å²) < 4.78 is 5.00. The lowest BCUT2D eigenvalue weighted by Crippen LogP contribution is -2.36. The number of aromatic nitrogens is 2. The average Bonchev–Trinajstić information content (AvgIpc) is 3.01. The fourth-order valence-corrected chi connectivity index (χ4v) is 2.08. The largest absolute Gasteiger partial charge is 0.395 e. The second-order valence-electron chi connectivity index (χ2n) is 4.53. The Hall–Kier alpha value is -2.18. The van der Waals surface area contributed by atoms with Gasteiger partial charge in [-0.1, -0.05) is 30.3 Å². The molecule has 0 spiro atoms. The minimum Gasteiger partial charge on any atom is -0.395 e. The van der Waals surface area contributed by atoms with Crippen molar-refractivity contribution < 1.29 is 14.6 Å². The molecule has 0 aliphatic rings. The molecule has 0 atom stereocenters. The predicted molar refractivity (Wildman–Crippen MR) is 78.9 cm³/mol. The fraction of sp³-hybridized carbons (Fsp3) is 0.333. The van der Waals surface area contributed by atoms with E-state index < -0.39 is 0 Å². The molecule has 0 saturated heterocycles. The van der Waals surface area contributed by atoms with E-state index in [4.69, 9.17) is 9.84 Å². The van der Waals surface area contributed by atoms with Crippen LogP contribution in [0.15, 0.2) is 36.5 Å². The van der Waals surface area contributed by atoms with Crippen LogP contribution in [0.5, 0.6) is 0 Å². The molecule has 0 bridgehead atoms. The van der Waals surface area contributed by atoms with E-state index >= 15 is 0 Å². The summed E-state index contributed by atoms with van der Waals surface area (Å²) in [6.07, 6.45) is 1.52. The number of carbonyl (C=O) groups excluding carboxylic acids is 1. The monoisotopic (exact) mass is 289 g/mol. The number of methoxy groups -OCH3 is 1. The molecule has 6 nitrogen and oxygen atoms in total. The molecule has 0 fully saturated rings. The van der Waals surface area contributed by atoms with Gasteiger partial charge in [0.05, 0.1) is 30.7 Å². The van der Waals surface area contributed by atoms with Gasteiger partial charge in [0.25, 0.3) is 5.91 Å². The molecule has 112 valence electrons. The molecular weight excluding hydrogens is 270 g/mol. The molecule has 1 amide bonds. The van der Waals surface area contributed by atoms with Crippen LogP contribution in [0.1, 0.15) is 10.4 Å². The number of benzene rings is 1. The van der Waals surface area contributed by atoms with Crippen molar-refractivity contribution in [2.75, 3.05) is 33.4 Å². The van der Waals surface area contributed by atoms with Gasteiger partial charge in [-0.05, 0) is 0 Å². The summed E-state index contributed by atoms with van der Waals surface area (Å²) >= 11 is 0. The number of ether oxygens (including phenoxy) is 1. The molecule has 0 unspecified atom stereocenters. The van der Waals surface area contributed by atoms with Crippen molar-refractivity contribution in [1.29, 1.82) is 0 Å². The van der Waals surface area contributed by atoms with Gasteiger partial charge in [0, 0.05) is 25.8 Å². The van der Waals surface area contributed by atoms with Gasteiger partial charge in [-0.2, -0.15) is 5.10 Å². The standard InChI is InChI=1S/C15H19N3O3/c1-21-10-8-18(7-9-19)15(20)13-11-16-17-14(13)12-5-3-2-4-6-12/h2-6,11,19H,7-10H2,1H3,(H,16,17). The van der Waals surface area contributed by atoms with Crippen molar-refractivity contribution in [3.63, 3.8) is 0 Å². The molecule has 0 saturated carbocycles. The number of hydrogen-bond donors (Lipinski definition) is 2. The molecule has 0 aliphatic carbocycles. The van der Waals surface area contributed by atoms with Gasteiger partial charge in [0.1, 0.15) is 0 Å². The maximum absolute atomic E-state index is 12.6. The van der Waals surface area contributed by atoms with Crippen molar-refractivity contribution >= 4 is 5.91 Å². The quantitative estimate of drug-likeness (QED) is 0.801. The Balaban J connectivity index is 2.24. The number of aliphatic hydroxyl groups excluding tert-OH is 1. The van der Waals surface area contributed by atoms with E-state index in [1.165, 1.54) is 6.20 Å². The van der Waals surface area contributed by atoms with Crippen molar-refractivity contribution in [2.24, 2.45) is 0 Å². The normalized spacial score (nSPS) is 10.6. The van der Waals surface area contributed by atoms with E-state index in [0.29, 0.717) is 24.4 Å². The van der Waals surface area contributed by atoms with Crippen molar-refractivity contribution in [1.82, 2.24) is 15.1 Å². The molecule has 0 aliphatic heterocycles. The molecule has 21 heavy (non-hydrogen) atoms. The SMILES string of the molecule is COCCN(CCO)C(=O)c1cn[nH]c1-c1ccccc1. The van der Waals surface area contributed by atoms with Crippen LogP contribution in [0.3, 0.4) is 0 Å². The van der Waals surface area contributed by atoms with Crippen LogP contribution in [0.4, 0.5) is 0 Å². The molecule has 6 heteroatoms. The highest BCUT2D eigenvalue weighted by Crippen LogP contribution is 2.21. The van der Waals surface area contributed by atoms with Gasteiger partial charge in [0.15, 0.2) is 0 Å². The van der Waals surface area contributed by atoms with Crippen LogP contribution in [-0.2, 0) is 4.74 Å². The Labute approximate surface area is 123 Å². The first-order chi connectivity index (χ1) is 10.3. The Morgan fingerprint density at radius 2 is 2.10 bits per heavy atom. The summed E-state index contributed by atoms with van der Waals surface area (Å²) in [6.45, 7) is 1.02. The summed E-state index contributed by atoms with van der Waals surface area (Å²) in [6, 6.07) is 9.55. The number of aromatic amines is 1. The van der Waals surface area contributed by atoms with Crippen LogP contribution in [0.2, 0.25) is 0 Å². The summed E-state index contributed by atoms with van der Waals surface area (Å²) in [7, 11) is 1.58. The number of carbonyl (C=O) groups is 1. The first kappa shape index (κ1) is 15.2. The van der Waals surface area contributed by atoms with Crippen LogP contribution in [0, 0.1) is 0 Å². The fourth-order valence-electron chi connectivity index (χ4n) is 2.08. The summed E-state index contributed by atoms with van der Waals surface area (Å²) in [5.41, 5.74) is 2.07. The number of aliphatic hydroxyl groups is 1. The number of nitrogens with one attached hydrogen (secondary N) is 1. The minimum absolute atomic E-state index is 0.0893. The van der Waals surface area contributed by atoms with Crippen LogP contribution < -0.4 is 0 Å². The third-order valence-electron chi connectivity index (χ3n) is 3.15. The van der Waals surface area contributed by atoms with Gasteiger partial charge in [0.2, 0.25) is 0 Å². The lowest BCUT2D eigenvalue weighted by Gasteiger charge is -2.21. The number of amides is 1. The summed E-state index contributed by atoms with van der Waals surface area (Å²) in [5.74, 6) is -0.172. The minimum atomic E-state index is -0.172. The average molecular weight is 289 g/mol. The van der Waals surface area contributed by atoms with E-state index in [9.17, 15) is 4.79 Å². The van der Waals surface area contributed by atoms with E-state index in [1.54, 1.807) is 12.0 Å². The van der Waals surface area contributed by atoms with Crippen molar-refractivity contribution in [2.45, 2.75) is 0 Å². The Kier molecular flexibility index (Phi) is 5.48. The first-order valence-corrected chi connectivity index (χ1v) is 6.75. The topological polar surface area (TPSA) is 78.5 Å². The van der Waals surface area contributed by atoms with E-state index in [0.717, 1.165) is 5.56 Å². The third-order valence-corrected chi connectivity index (χ3v) is 3.15. The van der Waals surface area contributed by atoms with Crippen LogP contribution in [-0.4, -0.2) is 59.5 Å². The molecular formula is C15H19N3O3. The van der Waals surface area contributed by atoms with E-state index in [-0.39, 0.29) is 19.1 Å². The first-order valence-electron chi connectivity index (χ1n) is 6.75. The highest BCUT2D eigenvalue weighted by atomic mass is 16.5. The molecule has 1 aromatic heterocycles. The van der Waals surface area contributed by atoms with Gasteiger partial charge >= 0.3 is 0 Å². The van der Waals surface area contributed by atoms with Crippen molar-refractivity contribution in [3.8, 4) is 11.3 Å². The Morgan fingerprint density at radius 1 is 1.33 bits per heavy atom. The summed E-state index contributed by atoms with van der Waals surface area (Å²) in [4.78, 5) is 14.2. The maximum atomic E-state index is 12.6. The van der Waals surface area contributed by atoms with Gasteiger partial charge in [-0.3, -0.25) is 9.89 Å². The maximum Gasteiger partial charge on any atom is 0.257 e. The van der Waals surface area contributed by atoms with E-state index in [1.807, 2.05) is 30.3 Å². The smallest absolute Gasteiger partial charge is 0.257 e. The van der Waals surface area contributed by atoms with Crippen LogP contribution in [0.25, 0.3) is 11.3 Å². The van der Waals surface area contributed by atoms with Crippen molar-refractivity contribution in [3.05, 3.63) is 42.1 Å². The van der Waals surface area contributed by atoms with Gasteiger partial charge in [-0.15, -0.1) is 0 Å². The number of nitrogens with zero attached hydrogens (tertiary/aromatic N) is 2. The Morgan fingerprint density at radius 3 is 2.76 bits per heavy atom.